The van der Waals surface area contributed by atoms with Crippen LogP contribution in [-0.2, 0) is 23.6 Å². The van der Waals surface area contributed by atoms with E-state index in [2.05, 4.69) is 29.4 Å². The van der Waals surface area contributed by atoms with Gasteiger partial charge in [0, 0.05) is 44.1 Å². The van der Waals surface area contributed by atoms with Crippen LogP contribution in [0, 0.1) is 0 Å². The van der Waals surface area contributed by atoms with Crippen molar-refractivity contribution in [3.63, 3.8) is 0 Å². The highest BCUT2D eigenvalue weighted by atomic mass is 32.2. The zero-order valence-electron chi connectivity index (χ0n) is 19.9. The van der Waals surface area contributed by atoms with E-state index < -0.39 is 10.0 Å². The first-order chi connectivity index (χ1) is 15.8. The normalized spacial score (nSPS) is 12.1. The summed E-state index contributed by atoms with van der Waals surface area (Å²) in [6.07, 6.45) is 0.839. The van der Waals surface area contributed by atoms with E-state index >= 15 is 0 Å². The molecule has 0 aliphatic heterocycles. The van der Waals surface area contributed by atoms with Gasteiger partial charge < -0.3 is 14.8 Å². The number of hydrogen-bond donors (Lipinski definition) is 1. The molecule has 0 saturated heterocycles. The molecule has 0 radical (unpaired) electrons. The number of nitrogens with zero attached hydrogens (tertiary/aromatic N) is 3. The predicted octanol–water partition coefficient (Wildman–Crippen LogP) is 3.46. The minimum absolute atomic E-state index is 0.160. The van der Waals surface area contributed by atoms with Crippen LogP contribution in [0.2, 0.25) is 0 Å². The molecule has 3 aromatic rings. The van der Waals surface area contributed by atoms with Crippen molar-refractivity contribution >= 4 is 26.8 Å². The van der Waals surface area contributed by atoms with Crippen molar-refractivity contribution < 1.29 is 13.2 Å². The molecule has 0 fully saturated rings. The molecular formula is C25H34N4O3S. The van der Waals surface area contributed by atoms with Gasteiger partial charge in [0.25, 0.3) is 5.91 Å². The predicted molar refractivity (Wildman–Crippen MR) is 133 cm³/mol. The third-order valence-electron chi connectivity index (χ3n) is 5.89. The van der Waals surface area contributed by atoms with Gasteiger partial charge in [0.15, 0.2) is 0 Å². The van der Waals surface area contributed by atoms with Gasteiger partial charge in [-0.25, -0.2) is 8.42 Å². The Bertz CT molecular complexity index is 1190. The lowest BCUT2D eigenvalue weighted by molar-refractivity contribution is 0.0944. The number of benzene rings is 2. The standard InChI is InChI=1S/C25H34N4O3S/c1-5-29(6-2)33(31,32)22-13-14-23-21(17-22)18-24(28(23)4)25(30)26-15-10-16-27(3)19-20-11-8-7-9-12-20/h7-9,11-14,17-18H,5-6,10,15-16,19H2,1-4H3,(H,26,30). The van der Waals surface area contributed by atoms with Crippen molar-refractivity contribution in [3.8, 4) is 0 Å². The third-order valence-corrected chi connectivity index (χ3v) is 7.93. The van der Waals surface area contributed by atoms with E-state index in [1.165, 1.54) is 9.87 Å². The molecule has 0 spiro atoms. The van der Waals surface area contributed by atoms with E-state index in [-0.39, 0.29) is 10.8 Å². The minimum Gasteiger partial charge on any atom is -0.351 e. The van der Waals surface area contributed by atoms with Crippen LogP contribution in [0.4, 0.5) is 0 Å². The Hall–Kier alpha value is -2.68. The Morgan fingerprint density at radius 2 is 1.73 bits per heavy atom. The molecule has 0 saturated carbocycles. The monoisotopic (exact) mass is 470 g/mol. The molecule has 0 atom stereocenters. The quantitative estimate of drug-likeness (QED) is 0.436. The van der Waals surface area contributed by atoms with Crippen LogP contribution in [0.3, 0.4) is 0 Å². The number of sulfonamides is 1. The van der Waals surface area contributed by atoms with Crippen LogP contribution < -0.4 is 5.32 Å². The molecule has 0 bridgehead atoms. The smallest absolute Gasteiger partial charge is 0.267 e. The van der Waals surface area contributed by atoms with Gasteiger partial charge in [-0.3, -0.25) is 4.79 Å². The summed E-state index contributed by atoms with van der Waals surface area (Å²) in [4.78, 5) is 15.3. The van der Waals surface area contributed by atoms with Gasteiger partial charge in [-0.05, 0) is 49.8 Å². The molecule has 0 aliphatic rings. The molecule has 3 rings (SSSR count). The second kappa shape index (κ2) is 11.0. The lowest BCUT2D eigenvalue weighted by Crippen LogP contribution is -2.30. The number of amides is 1. The molecule has 0 aliphatic carbocycles. The summed E-state index contributed by atoms with van der Waals surface area (Å²) in [6.45, 7) is 6.79. The van der Waals surface area contributed by atoms with Crippen molar-refractivity contribution in [2.45, 2.75) is 31.7 Å². The summed E-state index contributed by atoms with van der Waals surface area (Å²) in [6, 6.07) is 17.1. The largest absolute Gasteiger partial charge is 0.351 e. The number of rotatable bonds is 11. The highest BCUT2D eigenvalue weighted by Gasteiger charge is 2.23. The second-order valence-electron chi connectivity index (χ2n) is 8.23. The van der Waals surface area contributed by atoms with Crippen molar-refractivity contribution in [1.29, 1.82) is 0 Å². The summed E-state index contributed by atoms with van der Waals surface area (Å²) < 4.78 is 28.9. The Morgan fingerprint density at radius 3 is 2.39 bits per heavy atom. The fourth-order valence-electron chi connectivity index (χ4n) is 4.03. The van der Waals surface area contributed by atoms with E-state index in [0.717, 1.165) is 30.4 Å². The Labute approximate surface area is 197 Å². The highest BCUT2D eigenvalue weighted by Crippen LogP contribution is 2.24. The Kier molecular flexibility index (Phi) is 8.29. The average Bonchev–Trinajstić information content (AvgIpc) is 3.14. The molecule has 1 heterocycles. The average molecular weight is 471 g/mol. The van der Waals surface area contributed by atoms with Gasteiger partial charge in [0.05, 0.1) is 4.90 Å². The van der Waals surface area contributed by atoms with E-state index in [4.69, 9.17) is 0 Å². The zero-order chi connectivity index (χ0) is 24.0. The number of hydrogen-bond acceptors (Lipinski definition) is 4. The summed E-state index contributed by atoms with van der Waals surface area (Å²) in [5, 5.41) is 3.72. The summed E-state index contributed by atoms with van der Waals surface area (Å²) in [7, 11) is 0.349. The minimum atomic E-state index is -3.55. The number of fused-ring (bicyclic) bond motifs is 1. The van der Waals surface area contributed by atoms with Crippen molar-refractivity contribution in [2.75, 3.05) is 33.2 Å². The Morgan fingerprint density at radius 1 is 1.03 bits per heavy atom. The molecule has 0 unspecified atom stereocenters. The van der Waals surface area contributed by atoms with Crippen molar-refractivity contribution in [3.05, 3.63) is 65.9 Å². The van der Waals surface area contributed by atoms with E-state index in [1.807, 2.05) is 39.1 Å². The SMILES string of the molecule is CCN(CC)S(=O)(=O)c1ccc2c(c1)cc(C(=O)NCCCN(C)Cc1ccccc1)n2C. The summed E-state index contributed by atoms with van der Waals surface area (Å²) >= 11 is 0. The van der Waals surface area contributed by atoms with Gasteiger partial charge >= 0.3 is 0 Å². The summed E-state index contributed by atoms with van der Waals surface area (Å²) in [5.74, 6) is -0.160. The number of nitrogens with one attached hydrogen (secondary N) is 1. The van der Waals surface area contributed by atoms with Crippen LogP contribution in [0.1, 0.15) is 36.3 Å². The number of aromatic nitrogens is 1. The topological polar surface area (TPSA) is 74.7 Å². The maximum Gasteiger partial charge on any atom is 0.267 e. The van der Waals surface area contributed by atoms with Crippen LogP contribution in [0.25, 0.3) is 10.9 Å². The van der Waals surface area contributed by atoms with Crippen LogP contribution in [-0.4, -0.2) is 61.3 Å². The fourth-order valence-corrected chi connectivity index (χ4v) is 5.53. The number of carbonyl (C=O) groups is 1. The molecule has 1 amide bonds. The molecule has 2 aromatic carbocycles. The maximum absolute atomic E-state index is 12.8. The molecule has 1 N–H and O–H groups in total. The van der Waals surface area contributed by atoms with E-state index in [1.54, 1.807) is 28.8 Å². The fraction of sp³-hybridized carbons (Fsp3) is 0.400. The second-order valence-corrected chi connectivity index (χ2v) is 10.2. The van der Waals surface area contributed by atoms with Crippen molar-refractivity contribution in [1.82, 2.24) is 19.1 Å². The van der Waals surface area contributed by atoms with Gasteiger partial charge in [0.2, 0.25) is 10.0 Å². The first kappa shape index (κ1) is 25.0. The first-order valence-corrected chi connectivity index (χ1v) is 12.8. The molecule has 178 valence electrons. The van der Waals surface area contributed by atoms with Gasteiger partial charge in [-0.2, -0.15) is 4.31 Å². The molecule has 8 heteroatoms. The van der Waals surface area contributed by atoms with Crippen LogP contribution >= 0.6 is 0 Å². The maximum atomic E-state index is 12.8. The van der Waals surface area contributed by atoms with Crippen molar-refractivity contribution in [2.24, 2.45) is 7.05 Å². The molecule has 33 heavy (non-hydrogen) atoms. The van der Waals surface area contributed by atoms with Crippen LogP contribution in [0.15, 0.2) is 59.5 Å². The van der Waals surface area contributed by atoms with Crippen LogP contribution in [0.5, 0.6) is 0 Å². The lowest BCUT2D eigenvalue weighted by atomic mass is 10.2. The third kappa shape index (κ3) is 5.82. The number of aryl methyl sites for hydroxylation is 1. The number of carbonyl (C=O) groups excluding carboxylic acids is 1. The lowest BCUT2D eigenvalue weighted by Gasteiger charge is -2.18. The molecule has 1 aromatic heterocycles. The summed E-state index contributed by atoms with van der Waals surface area (Å²) in [5.41, 5.74) is 2.60. The highest BCUT2D eigenvalue weighted by molar-refractivity contribution is 7.89. The van der Waals surface area contributed by atoms with Gasteiger partial charge in [-0.15, -0.1) is 0 Å². The zero-order valence-corrected chi connectivity index (χ0v) is 20.7. The van der Waals surface area contributed by atoms with Gasteiger partial charge in [-0.1, -0.05) is 44.2 Å². The van der Waals surface area contributed by atoms with E-state index in [0.29, 0.717) is 25.3 Å². The molecule has 7 nitrogen and oxygen atoms in total. The molecular weight excluding hydrogens is 436 g/mol. The van der Waals surface area contributed by atoms with Gasteiger partial charge in [0.1, 0.15) is 5.69 Å². The Balaban J connectivity index is 1.62. The van der Waals surface area contributed by atoms with E-state index in [9.17, 15) is 13.2 Å². The first-order valence-electron chi connectivity index (χ1n) is 11.4.